The number of anilines is 1. The van der Waals surface area contributed by atoms with Crippen LogP contribution >= 0.6 is 0 Å². The standard InChI is InChI=1S/C14H21N5O4/c1-8(2)13(22)23-6-9(5-20)3-4-19-7-16-10-11(19)17-14(15)18-12(10)21/h7-9,20H,3-6H2,1-2H3,(H3,15,17,18,21). The van der Waals surface area contributed by atoms with Gasteiger partial charge in [-0.05, 0) is 6.42 Å². The number of aromatic nitrogens is 4. The summed E-state index contributed by atoms with van der Waals surface area (Å²) in [6.07, 6.45) is 2.04. The number of esters is 1. The number of carbonyl (C=O) groups excluding carboxylic acids is 1. The third-order valence-electron chi connectivity index (χ3n) is 3.46. The Kier molecular flexibility index (Phi) is 5.32. The van der Waals surface area contributed by atoms with Crippen LogP contribution in [0.15, 0.2) is 11.1 Å². The molecule has 2 aromatic heterocycles. The fourth-order valence-electron chi connectivity index (χ4n) is 2.05. The third-order valence-corrected chi connectivity index (χ3v) is 3.46. The van der Waals surface area contributed by atoms with Gasteiger partial charge in [-0.3, -0.25) is 14.6 Å². The van der Waals surface area contributed by atoms with Crippen LogP contribution in [-0.2, 0) is 16.1 Å². The molecule has 0 aliphatic carbocycles. The lowest BCUT2D eigenvalue weighted by Gasteiger charge is -2.15. The first kappa shape index (κ1) is 16.9. The number of hydrogen-bond acceptors (Lipinski definition) is 7. The molecule has 0 amide bonds. The zero-order chi connectivity index (χ0) is 17.0. The number of nitrogens with one attached hydrogen (secondary N) is 1. The van der Waals surface area contributed by atoms with Gasteiger partial charge in [0, 0.05) is 19.1 Å². The van der Waals surface area contributed by atoms with Gasteiger partial charge in [-0.15, -0.1) is 0 Å². The average Bonchev–Trinajstić information content (AvgIpc) is 2.90. The maximum atomic E-state index is 11.7. The number of nitrogen functional groups attached to an aromatic ring is 1. The molecule has 0 spiro atoms. The fraction of sp³-hybridized carbons (Fsp3) is 0.571. The molecule has 4 N–H and O–H groups in total. The van der Waals surface area contributed by atoms with E-state index >= 15 is 0 Å². The molecule has 0 saturated heterocycles. The number of rotatable bonds is 7. The number of hydrogen-bond donors (Lipinski definition) is 3. The summed E-state index contributed by atoms with van der Waals surface area (Å²) in [4.78, 5) is 33.6. The second kappa shape index (κ2) is 7.23. The Labute approximate surface area is 132 Å². The van der Waals surface area contributed by atoms with Crippen LogP contribution in [0, 0.1) is 11.8 Å². The fourth-order valence-corrected chi connectivity index (χ4v) is 2.05. The molecular formula is C14H21N5O4. The van der Waals surface area contributed by atoms with E-state index in [2.05, 4.69) is 15.0 Å². The number of aromatic amines is 1. The number of aryl methyl sites for hydroxylation is 1. The van der Waals surface area contributed by atoms with Gasteiger partial charge >= 0.3 is 5.97 Å². The Hall–Kier alpha value is -2.42. The van der Waals surface area contributed by atoms with Gasteiger partial charge in [-0.2, -0.15) is 4.98 Å². The molecule has 1 unspecified atom stereocenters. The lowest BCUT2D eigenvalue weighted by molar-refractivity contribution is -0.149. The van der Waals surface area contributed by atoms with Crippen molar-refractivity contribution in [1.82, 2.24) is 19.5 Å². The Bertz CT molecular complexity index is 736. The minimum Gasteiger partial charge on any atom is -0.465 e. The van der Waals surface area contributed by atoms with Crippen molar-refractivity contribution in [2.24, 2.45) is 11.8 Å². The van der Waals surface area contributed by atoms with E-state index < -0.39 is 5.56 Å². The van der Waals surface area contributed by atoms with E-state index in [1.54, 1.807) is 18.4 Å². The van der Waals surface area contributed by atoms with Gasteiger partial charge in [0.2, 0.25) is 5.95 Å². The van der Waals surface area contributed by atoms with E-state index in [0.29, 0.717) is 18.6 Å². The Morgan fingerprint density at radius 1 is 1.52 bits per heavy atom. The van der Waals surface area contributed by atoms with Gasteiger partial charge in [-0.25, -0.2) is 4.98 Å². The molecule has 1 atom stereocenters. The van der Waals surface area contributed by atoms with Gasteiger partial charge < -0.3 is 20.1 Å². The zero-order valence-corrected chi connectivity index (χ0v) is 13.2. The molecule has 2 rings (SSSR count). The van der Waals surface area contributed by atoms with Crippen molar-refractivity contribution < 1.29 is 14.6 Å². The highest BCUT2D eigenvalue weighted by molar-refractivity contribution is 5.71. The Morgan fingerprint density at radius 3 is 2.91 bits per heavy atom. The summed E-state index contributed by atoms with van der Waals surface area (Å²) < 4.78 is 6.83. The Balaban J connectivity index is 2.02. The van der Waals surface area contributed by atoms with E-state index in [4.69, 9.17) is 10.5 Å². The lowest BCUT2D eigenvalue weighted by Crippen LogP contribution is -2.21. The second-order valence-corrected chi connectivity index (χ2v) is 5.68. The first-order chi connectivity index (χ1) is 10.9. The Morgan fingerprint density at radius 2 is 2.26 bits per heavy atom. The van der Waals surface area contributed by atoms with Crippen LogP contribution in [0.25, 0.3) is 11.2 Å². The number of imidazole rings is 1. The van der Waals surface area contributed by atoms with E-state index in [0.717, 1.165) is 0 Å². The van der Waals surface area contributed by atoms with Crippen molar-refractivity contribution in [3.8, 4) is 0 Å². The van der Waals surface area contributed by atoms with Gasteiger partial charge in [-0.1, -0.05) is 13.8 Å². The monoisotopic (exact) mass is 323 g/mol. The zero-order valence-electron chi connectivity index (χ0n) is 13.2. The summed E-state index contributed by atoms with van der Waals surface area (Å²) >= 11 is 0. The molecule has 9 nitrogen and oxygen atoms in total. The number of ether oxygens (including phenoxy) is 1. The van der Waals surface area contributed by atoms with Crippen molar-refractivity contribution in [2.45, 2.75) is 26.8 Å². The largest absolute Gasteiger partial charge is 0.465 e. The van der Waals surface area contributed by atoms with Crippen LogP contribution in [0.4, 0.5) is 5.95 Å². The van der Waals surface area contributed by atoms with Crippen LogP contribution in [0.1, 0.15) is 20.3 Å². The molecule has 0 aliphatic heterocycles. The number of nitrogens with zero attached hydrogens (tertiary/aromatic N) is 3. The maximum Gasteiger partial charge on any atom is 0.308 e. The number of fused-ring (bicyclic) bond motifs is 1. The molecule has 0 saturated carbocycles. The SMILES string of the molecule is CC(C)C(=O)OCC(CO)CCn1cnc2c(=O)[nH]c(N)nc21. The van der Waals surface area contributed by atoms with Gasteiger partial charge in [0.15, 0.2) is 11.2 Å². The number of nitrogens with two attached hydrogens (primary N) is 1. The van der Waals surface area contributed by atoms with Gasteiger partial charge in [0.1, 0.15) is 0 Å². The molecule has 0 aromatic carbocycles. The van der Waals surface area contributed by atoms with Crippen LogP contribution in [0.3, 0.4) is 0 Å². The van der Waals surface area contributed by atoms with E-state index in [9.17, 15) is 14.7 Å². The van der Waals surface area contributed by atoms with Crippen molar-refractivity contribution in [3.05, 3.63) is 16.7 Å². The molecular weight excluding hydrogens is 302 g/mol. The summed E-state index contributed by atoms with van der Waals surface area (Å²) in [5, 5.41) is 9.40. The normalized spacial score (nSPS) is 12.7. The van der Waals surface area contributed by atoms with Crippen LogP contribution < -0.4 is 11.3 Å². The third kappa shape index (κ3) is 4.07. The van der Waals surface area contributed by atoms with Crippen molar-refractivity contribution >= 4 is 23.1 Å². The highest BCUT2D eigenvalue weighted by Crippen LogP contribution is 2.11. The van der Waals surface area contributed by atoms with E-state index in [-0.39, 0.29) is 42.5 Å². The summed E-state index contributed by atoms with van der Waals surface area (Å²) in [6.45, 7) is 4.02. The molecule has 0 fully saturated rings. The summed E-state index contributed by atoms with van der Waals surface area (Å²) in [7, 11) is 0. The number of aliphatic hydroxyl groups is 1. The minimum absolute atomic E-state index is 0.0221. The average molecular weight is 323 g/mol. The molecule has 9 heteroatoms. The molecule has 2 heterocycles. The molecule has 2 aromatic rings. The highest BCUT2D eigenvalue weighted by Gasteiger charge is 2.15. The quantitative estimate of drug-likeness (QED) is 0.605. The first-order valence-corrected chi connectivity index (χ1v) is 7.40. The van der Waals surface area contributed by atoms with Crippen LogP contribution in [0.2, 0.25) is 0 Å². The molecule has 0 radical (unpaired) electrons. The smallest absolute Gasteiger partial charge is 0.308 e. The van der Waals surface area contributed by atoms with Gasteiger partial charge in [0.25, 0.3) is 5.56 Å². The number of H-pyrrole nitrogens is 1. The minimum atomic E-state index is -0.393. The molecule has 0 aliphatic rings. The first-order valence-electron chi connectivity index (χ1n) is 7.40. The predicted molar refractivity (Wildman–Crippen MR) is 83.6 cm³/mol. The number of carbonyl (C=O) groups is 1. The lowest BCUT2D eigenvalue weighted by atomic mass is 10.1. The number of aliphatic hydroxyl groups excluding tert-OH is 1. The van der Waals surface area contributed by atoms with Crippen molar-refractivity contribution in [1.29, 1.82) is 0 Å². The molecule has 126 valence electrons. The highest BCUT2D eigenvalue weighted by atomic mass is 16.5. The summed E-state index contributed by atoms with van der Waals surface area (Å²) in [6, 6.07) is 0. The van der Waals surface area contributed by atoms with E-state index in [1.807, 2.05) is 0 Å². The molecule has 23 heavy (non-hydrogen) atoms. The maximum absolute atomic E-state index is 11.7. The summed E-state index contributed by atoms with van der Waals surface area (Å²) in [5.74, 6) is -0.674. The predicted octanol–water partition coefficient (Wildman–Crippen LogP) is -0.100. The topological polar surface area (TPSA) is 136 Å². The van der Waals surface area contributed by atoms with E-state index in [1.165, 1.54) is 6.33 Å². The second-order valence-electron chi connectivity index (χ2n) is 5.68. The van der Waals surface area contributed by atoms with Crippen LogP contribution in [-0.4, -0.2) is 43.8 Å². The van der Waals surface area contributed by atoms with Crippen molar-refractivity contribution in [2.75, 3.05) is 18.9 Å². The van der Waals surface area contributed by atoms with Crippen molar-refractivity contribution in [3.63, 3.8) is 0 Å². The van der Waals surface area contributed by atoms with Crippen LogP contribution in [0.5, 0.6) is 0 Å². The van der Waals surface area contributed by atoms with Gasteiger partial charge in [0.05, 0.1) is 18.9 Å². The summed E-state index contributed by atoms with van der Waals surface area (Å²) in [5.41, 5.74) is 5.75. The molecule has 0 bridgehead atoms.